The molecule has 2 aliphatic heterocycles. The molecule has 2 atom stereocenters. The third kappa shape index (κ3) is 1.52. The van der Waals surface area contributed by atoms with E-state index in [1.54, 1.807) is 31.6 Å². The molecule has 2 aromatic carbocycles. The number of hydrogen-bond donors (Lipinski definition) is 1. The lowest BCUT2D eigenvalue weighted by Crippen LogP contribution is -2.14. The van der Waals surface area contributed by atoms with Crippen LogP contribution in [0.1, 0.15) is 11.5 Å². The molecule has 2 aliphatic rings. The van der Waals surface area contributed by atoms with Gasteiger partial charge in [-0.05, 0) is 18.2 Å². The number of hydrogen-bond acceptors (Lipinski definition) is 6. The molecule has 0 unspecified atom stereocenters. The number of phenols is 1. The first-order chi connectivity index (χ1) is 11.7. The Balaban J connectivity index is 1.97. The summed E-state index contributed by atoms with van der Waals surface area (Å²) in [4.78, 5) is 13.0. The maximum Gasteiger partial charge on any atom is 0.250 e. The van der Waals surface area contributed by atoms with E-state index in [0.29, 0.717) is 22.7 Å². The van der Waals surface area contributed by atoms with Crippen LogP contribution in [0.25, 0.3) is 21.9 Å². The van der Waals surface area contributed by atoms with E-state index < -0.39 is 6.29 Å². The smallest absolute Gasteiger partial charge is 0.250 e. The van der Waals surface area contributed by atoms with Crippen molar-refractivity contribution in [1.29, 1.82) is 0 Å². The van der Waals surface area contributed by atoms with Gasteiger partial charge in [0.15, 0.2) is 0 Å². The van der Waals surface area contributed by atoms with E-state index in [-0.39, 0.29) is 27.9 Å². The lowest BCUT2D eigenvalue weighted by molar-refractivity contribution is -0.00405. The average Bonchev–Trinajstić information content (AvgIpc) is 3.14. The van der Waals surface area contributed by atoms with Crippen molar-refractivity contribution >= 4 is 21.9 Å². The summed E-state index contributed by atoms with van der Waals surface area (Å²) in [5.74, 6) is 0.700. The highest BCUT2D eigenvalue weighted by Crippen LogP contribution is 2.50. The quantitative estimate of drug-likeness (QED) is 0.693. The first-order valence-electron chi connectivity index (χ1n) is 7.47. The van der Waals surface area contributed by atoms with Gasteiger partial charge in [0, 0.05) is 6.07 Å². The van der Waals surface area contributed by atoms with Gasteiger partial charge in [0.2, 0.25) is 5.43 Å². The molecule has 0 saturated heterocycles. The number of rotatable bonds is 1. The molecule has 6 nitrogen and oxygen atoms in total. The molecular weight excluding hydrogens is 312 g/mol. The SMILES string of the molecule is COc1cc2oc3cccc(O)c3c(=O)c2c2c1[C@@H]1C=CO[C@@H]1O2. The highest BCUT2D eigenvalue weighted by molar-refractivity contribution is 5.97. The van der Waals surface area contributed by atoms with Crippen LogP contribution >= 0.6 is 0 Å². The molecule has 24 heavy (non-hydrogen) atoms. The Morgan fingerprint density at radius 1 is 1.21 bits per heavy atom. The van der Waals surface area contributed by atoms with Crippen LogP contribution < -0.4 is 14.9 Å². The van der Waals surface area contributed by atoms with Crippen molar-refractivity contribution < 1.29 is 23.7 Å². The molecule has 0 spiro atoms. The van der Waals surface area contributed by atoms with Crippen LogP contribution in [0.3, 0.4) is 0 Å². The zero-order valence-electron chi connectivity index (χ0n) is 12.6. The van der Waals surface area contributed by atoms with Crippen LogP contribution in [-0.2, 0) is 4.74 Å². The van der Waals surface area contributed by atoms with Crippen LogP contribution in [-0.4, -0.2) is 18.5 Å². The summed E-state index contributed by atoms with van der Waals surface area (Å²) in [6.45, 7) is 0. The highest BCUT2D eigenvalue weighted by atomic mass is 16.7. The van der Waals surface area contributed by atoms with Gasteiger partial charge in [0.25, 0.3) is 6.29 Å². The van der Waals surface area contributed by atoms with Crippen molar-refractivity contribution in [3.8, 4) is 17.2 Å². The molecule has 1 N–H and O–H groups in total. The summed E-state index contributed by atoms with van der Waals surface area (Å²) in [6, 6.07) is 6.39. The Bertz CT molecular complexity index is 1090. The summed E-state index contributed by atoms with van der Waals surface area (Å²) in [5.41, 5.74) is 1.07. The molecule has 0 fully saturated rings. The summed E-state index contributed by atoms with van der Waals surface area (Å²) in [5, 5.41) is 10.5. The molecule has 1 aromatic heterocycles. The van der Waals surface area contributed by atoms with Crippen LogP contribution in [0.2, 0.25) is 0 Å². The second kappa shape index (κ2) is 4.44. The minimum atomic E-state index is -0.515. The summed E-state index contributed by atoms with van der Waals surface area (Å²) < 4.78 is 22.6. The largest absolute Gasteiger partial charge is 0.507 e. The van der Waals surface area contributed by atoms with E-state index in [1.165, 1.54) is 6.07 Å². The topological polar surface area (TPSA) is 78.1 Å². The Labute approximate surface area is 135 Å². The molecule has 0 saturated carbocycles. The molecule has 0 radical (unpaired) electrons. The highest BCUT2D eigenvalue weighted by Gasteiger charge is 2.41. The molecule has 0 amide bonds. The second-order valence-electron chi connectivity index (χ2n) is 5.75. The van der Waals surface area contributed by atoms with Gasteiger partial charge in [-0.1, -0.05) is 6.07 Å². The molecule has 3 aromatic rings. The minimum absolute atomic E-state index is 0.123. The van der Waals surface area contributed by atoms with Gasteiger partial charge in [0.05, 0.1) is 24.9 Å². The molecule has 6 heteroatoms. The Hall–Kier alpha value is -3.15. The summed E-state index contributed by atoms with van der Waals surface area (Å²) >= 11 is 0. The van der Waals surface area contributed by atoms with E-state index in [9.17, 15) is 9.90 Å². The number of aromatic hydroxyl groups is 1. The fourth-order valence-corrected chi connectivity index (χ4v) is 3.44. The van der Waals surface area contributed by atoms with E-state index in [1.807, 2.05) is 6.08 Å². The zero-order chi connectivity index (χ0) is 16.4. The lowest BCUT2D eigenvalue weighted by atomic mass is 9.97. The van der Waals surface area contributed by atoms with Crippen molar-refractivity contribution in [2.45, 2.75) is 12.2 Å². The van der Waals surface area contributed by atoms with Crippen molar-refractivity contribution in [2.24, 2.45) is 0 Å². The molecule has 0 aliphatic carbocycles. The van der Waals surface area contributed by atoms with Crippen molar-refractivity contribution in [3.63, 3.8) is 0 Å². The van der Waals surface area contributed by atoms with Crippen LogP contribution in [0.5, 0.6) is 17.2 Å². The van der Waals surface area contributed by atoms with Gasteiger partial charge in [-0.25, -0.2) is 0 Å². The van der Waals surface area contributed by atoms with E-state index in [4.69, 9.17) is 18.6 Å². The maximum absolute atomic E-state index is 13.0. The summed E-state index contributed by atoms with van der Waals surface area (Å²) in [6.07, 6.45) is 2.93. The fraction of sp³-hybridized carbons (Fsp3) is 0.167. The Morgan fingerprint density at radius 3 is 2.92 bits per heavy atom. The Morgan fingerprint density at radius 2 is 2.08 bits per heavy atom. The van der Waals surface area contributed by atoms with E-state index in [2.05, 4.69) is 0 Å². The van der Waals surface area contributed by atoms with Crippen LogP contribution in [0.4, 0.5) is 0 Å². The maximum atomic E-state index is 13.0. The monoisotopic (exact) mass is 324 g/mol. The molecule has 120 valence electrons. The second-order valence-corrected chi connectivity index (χ2v) is 5.75. The third-order valence-corrected chi connectivity index (χ3v) is 4.50. The minimum Gasteiger partial charge on any atom is -0.507 e. The van der Waals surface area contributed by atoms with Gasteiger partial charge in [0.1, 0.15) is 39.2 Å². The number of methoxy groups -OCH3 is 1. The number of phenolic OH excluding ortho intramolecular Hbond substituents is 1. The zero-order valence-corrected chi connectivity index (χ0v) is 12.6. The summed E-state index contributed by atoms with van der Waals surface area (Å²) in [7, 11) is 1.55. The van der Waals surface area contributed by atoms with Crippen LogP contribution in [0, 0.1) is 0 Å². The van der Waals surface area contributed by atoms with Crippen LogP contribution in [0.15, 0.2) is 45.8 Å². The van der Waals surface area contributed by atoms with Gasteiger partial charge in [-0.15, -0.1) is 0 Å². The average molecular weight is 324 g/mol. The first-order valence-corrected chi connectivity index (χ1v) is 7.47. The van der Waals surface area contributed by atoms with Gasteiger partial charge in [-0.3, -0.25) is 4.79 Å². The molecular formula is C18H12O6. The van der Waals surface area contributed by atoms with Gasteiger partial charge >= 0.3 is 0 Å². The Kier molecular flexibility index (Phi) is 2.46. The molecule has 5 rings (SSSR count). The van der Waals surface area contributed by atoms with Gasteiger partial charge < -0.3 is 23.7 Å². The normalized spacial score (nSPS) is 20.7. The molecule has 0 bridgehead atoms. The number of fused-ring (bicyclic) bond motifs is 6. The predicted molar refractivity (Wildman–Crippen MR) is 85.6 cm³/mol. The van der Waals surface area contributed by atoms with Crippen molar-refractivity contribution in [3.05, 3.63) is 52.4 Å². The standard InChI is InChI=1S/C18H12O6/c1-21-11-7-12-15(17-13(11)8-5-6-22-18(8)24-17)16(20)14-9(19)3-2-4-10(14)23-12/h2-8,18-19H,1H3/t8-,18+/m0/s1. The fourth-order valence-electron chi connectivity index (χ4n) is 3.44. The van der Waals surface area contributed by atoms with Crippen molar-refractivity contribution in [1.82, 2.24) is 0 Å². The lowest BCUT2D eigenvalue weighted by Gasteiger charge is -2.11. The van der Waals surface area contributed by atoms with E-state index in [0.717, 1.165) is 5.56 Å². The molecule has 3 heterocycles. The number of benzene rings is 2. The predicted octanol–water partition coefficient (Wildman–Crippen LogP) is 3.01. The first kappa shape index (κ1) is 13.3. The van der Waals surface area contributed by atoms with Crippen molar-refractivity contribution in [2.75, 3.05) is 7.11 Å². The third-order valence-electron chi connectivity index (χ3n) is 4.50. The van der Waals surface area contributed by atoms with Gasteiger partial charge in [-0.2, -0.15) is 0 Å². The van der Waals surface area contributed by atoms with E-state index >= 15 is 0 Å². The number of ether oxygens (including phenoxy) is 3.